The minimum absolute atomic E-state index is 0.0125. The highest BCUT2D eigenvalue weighted by Crippen LogP contribution is 2.35. The number of piperidine rings is 1. The van der Waals surface area contributed by atoms with E-state index in [-0.39, 0.29) is 52.4 Å². The van der Waals surface area contributed by atoms with Crippen LogP contribution in [0.5, 0.6) is 5.88 Å². The molecule has 0 saturated carbocycles. The summed E-state index contributed by atoms with van der Waals surface area (Å²) in [6.07, 6.45) is 3.13. The number of fused-ring (bicyclic) bond motifs is 2. The Bertz CT molecular complexity index is 1540. The van der Waals surface area contributed by atoms with Crippen LogP contribution in [0.3, 0.4) is 0 Å². The maximum absolute atomic E-state index is 15.3. The van der Waals surface area contributed by atoms with E-state index in [1.807, 2.05) is 0 Å². The quantitative estimate of drug-likeness (QED) is 0.389. The van der Waals surface area contributed by atoms with E-state index in [9.17, 15) is 13.6 Å². The lowest BCUT2D eigenvalue weighted by Crippen LogP contribution is -2.57. The van der Waals surface area contributed by atoms with Gasteiger partial charge in [-0.3, -0.25) is 14.1 Å². The fourth-order valence-corrected chi connectivity index (χ4v) is 5.00. The number of nitrogens with one attached hydrogen (secondary N) is 2. The molecular formula is C24H25F3N8O3. The summed E-state index contributed by atoms with van der Waals surface area (Å²) < 4.78 is 58.4. The Labute approximate surface area is 214 Å². The number of pyridine rings is 1. The molecule has 11 nitrogen and oxygen atoms in total. The molecule has 0 aromatic carbocycles. The molecule has 2 aliphatic heterocycles. The van der Waals surface area contributed by atoms with E-state index in [0.29, 0.717) is 26.2 Å². The van der Waals surface area contributed by atoms with Crippen molar-refractivity contribution < 1.29 is 27.4 Å². The number of hydrogen-bond donors (Lipinski definition) is 2. The van der Waals surface area contributed by atoms with Gasteiger partial charge in [0, 0.05) is 31.9 Å². The molecule has 38 heavy (non-hydrogen) atoms. The number of hydrogen-bond acceptors (Lipinski definition) is 8. The summed E-state index contributed by atoms with van der Waals surface area (Å²) in [5.74, 6) is -1.86. The lowest BCUT2D eigenvalue weighted by Gasteiger charge is -2.42. The van der Waals surface area contributed by atoms with Gasteiger partial charge in [0.25, 0.3) is 5.91 Å². The van der Waals surface area contributed by atoms with Crippen LogP contribution in [0.1, 0.15) is 16.9 Å². The summed E-state index contributed by atoms with van der Waals surface area (Å²) in [7, 11) is 2.80. The van der Waals surface area contributed by atoms with E-state index < -0.39 is 29.8 Å². The largest absolute Gasteiger partial charge is 0.479 e. The highest BCUT2D eigenvalue weighted by molar-refractivity contribution is 5.93. The van der Waals surface area contributed by atoms with Crippen LogP contribution in [0.4, 0.5) is 19.1 Å². The molecule has 200 valence electrons. The third-order valence-electron chi connectivity index (χ3n) is 7.08. The lowest BCUT2D eigenvalue weighted by atomic mass is 10.0. The fraction of sp³-hybridized carbons (Fsp3) is 0.417. The summed E-state index contributed by atoms with van der Waals surface area (Å²) in [6.45, 7) is 2.21. The third kappa shape index (κ3) is 4.00. The number of aromatic nitrogens is 5. The van der Waals surface area contributed by atoms with Crippen molar-refractivity contribution in [2.75, 3.05) is 45.8 Å². The van der Waals surface area contributed by atoms with Gasteiger partial charge in [0.05, 0.1) is 50.4 Å². The van der Waals surface area contributed by atoms with Crippen LogP contribution in [0.25, 0.3) is 22.3 Å². The molecule has 6 rings (SSSR count). The van der Waals surface area contributed by atoms with Gasteiger partial charge in [-0.15, -0.1) is 5.10 Å². The van der Waals surface area contributed by atoms with E-state index in [0.717, 1.165) is 12.3 Å². The Morgan fingerprint density at radius 1 is 1.24 bits per heavy atom. The fourth-order valence-electron chi connectivity index (χ4n) is 5.00. The monoisotopic (exact) mass is 530 g/mol. The van der Waals surface area contributed by atoms with Crippen molar-refractivity contribution in [3.8, 4) is 17.0 Å². The number of rotatable bonds is 6. The second kappa shape index (κ2) is 9.44. The van der Waals surface area contributed by atoms with E-state index >= 15 is 4.39 Å². The minimum Gasteiger partial charge on any atom is -0.479 e. The Balaban J connectivity index is 1.35. The van der Waals surface area contributed by atoms with Gasteiger partial charge < -0.3 is 20.1 Å². The normalized spacial score (nSPS) is 20.6. The van der Waals surface area contributed by atoms with E-state index in [4.69, 9.17) is 9.47 Å². The molecule has 2 aliphatic rings. The Morgan fingerprint density at radius 2 is 2.05 bits per heavy atom. The van der Waals surface area contributed by atoms with E-state index in [1.165, 1.54) is 35.5 Å². The molecule has 14 heteroatoms. The van der Waals surface area contributed by atoms with Gasteiger partial charge in [0.2, 0.25) is 11.8 Å². The summed E-state index contributed by atoms with van der Waals surface area (Å²) in [5, 5.41) is 9.82. The number of alkyl halides is 1. The number of likely N-dealkylation sites (tertiary alicyclic amines) is 1. The van der Waals surface area contributed by atoms with Crippen molar-refractivity contribution in [3.05, 3.63) is 42.0 Å². The van der Waals surface area contributed by atoms with Crippen LogP contribution in [0.2, 0.25) is 0 Å². The first-order valence-corrected chi connectivity index (χ1v) is 12.1. The third-order valence-corrected chi connectivity index (χ3v) is 7.08. The van der Waals surface area contributed by atoms with Gasteiger partial charge in [-0.2, -0.15) is 4.98 Å². The standard InChI is InChI=1S/C24H25F3N8O3/c1-28-22(36)18-6-29-21-14(25)5-12(7-34(18)21)19-16(27)9-35-20(19)23(37-2)31-24(32-35)30-17-3-4-33(8-15(17)26)13-10-38-11-13/h5-7,9,13,15,17H,3-4,8,10-11H2,1-2H3,(H,28,36)(H,30,32)/t15-,17+/m0/s1. The van der Waals surface area contributed by atoms with Crippen LogP contribution < -0.4 is 15.4 Å². The van der Waals surface area contributed by atoms with Crippen molar-refractivity contribution in [3.63, 3.8) is 0 Å². The Morgan fingerprint density at radius 3 is 2.74 bits per heavy atom. The number of carbonyl (C=O) groups excluding carboxylic acids is 1. The molecule has 0 radical (unpaired) electrons. The predicted octanol–water partition coefficient (Wildman–Crippen LogP) is 1.91. The van der Waals surface area contributed by atoms with Gasteiger partial charge in [0.1, 0.15) is 17.4 Å². The van der Waals surface area contributed by atoms with Crippen LogP contribution in [0.15, 0.2) is 24.7 Å². The highest BCUT2D eigenvalue weighted by Gasteiger charge is 2.36. The maximum atomic E-state index is 15.3. The molecule has 0 unspecified atom stereocenters. The number of amides is 1. The Kier molecular flexibility index (Phi) is 6.07. The van der Waals surface area contributed by atoms with Gasteiger partial charge in [-0.05, 0) is 12.5 Å². The van der Waals surface area contributed by atoms with Crippen molar-refractivity contribution in [1.82, 2.24) is 34.2 Å². The van der Waals surface area contributed by atoms with Gasteiger partial charge in [0.15, 0.2) is 17.3 Å². The van der Waals surface area contributed by atoms with Gasteiger partial charge in [-0.25, -0.2) is 22.7 Å². The average molecular weight is 531 g/mol. The minimum atomic E-state index is -1.16. The molecule has 2 atom stereocenters. The molecule has 0 aliphatic carbocycles. The van der Waals surface area contributed by atoms with Gasteiger partial charge >= 0.3 is 0 Å². The summed E-state index contributed by atoms with van der Waals surface area (Å²) >= 11 is 0. The first-order valence-electron chi connectivity index (χ1n) is 12.1. The number of anilines is 1. The SMILES string of the molecule is CNC(=O)c1cnc2c(F)cc(-c3c(F)cn4nc(N[C@@H]5CCN(C6COC6)C[C@@H]5F)nc(OC)c34)cn12. The molecular weight excluding hydrogens is 505 g/mol. The number of carbonyl (C=O) groups is 1. The zero-order chi connectivity index (χ0) is 26.6. The zero-order valence-corrected chi connectivity index (χ0v) is 20.6. The van der Waals surface area contributed by atoms with E-state index in [2.05, 4.69) is 30.6 Å². The van der Waals surface area contributed by atoms with Crippen LogP contribution in [-0.2, 0) is 4.74 Å². The summed E-state index contributed by atoms with van der Waals surface area (Å²) in [6, 6.07) is 0.839. The van der Waals surface area contributed by atoms with Crippen LogP contribution in [-0.4, -0.2) is 93.5 Å². The first-order chi connectivity index (χ1) is 18.4. The van der Waals surface area contributed by atoms with Crippen molar-refractivity contribution in [2.45, 2.75) is 24.7 Å². The van der Waals surface area contributed by atoms with Crippen LogP contribution in [0, 0.1) is 11.6 Å². The van der Waals surface area contributed by atoms with Crippen LogP contribution >= 0.6 is 0 Å². The molecule has 4 aromatic rings. The number of methoxy groups -OCH3 is 1. The second-order valence-corrected chi connectivity index (χ2v) is 9.32. The summed E-state index contributed by atoms with van der Waals surface area (Å²) in [4.78, 5) is 22.6. The number of imidazole rings is 1. The maximum Gasteiger partial charge on any atom is 0.269 e. The predicted molar refractivity (Wildman–Crippen MR) is 130 cm³/mol. The number of nitrogens with zero attached hydrogens (tertiary/aromatic N) is 6. The van der Waals surface area contributed by atoms with Crippen molar-refractivity contribution in [2.24, 2.45) is 0 Å². The first kappa shape index (κ1) is 24.4. The second-order valence-electron chi connectivity index (χ2n) is 9.32. The summed E-state index contributed by atoms with van der Waals surface area (Å²) in [5.41, 5.74) is 0.246. The molecule has 1 amide bonds. The van der Waals surface area contributed by atoms with Gasteiger partial charge in [-0.1, -0.05) is 0 Å². The average Bonchev–Trinajstić information content (AvgIpc) is 3.44. The molecule has 2 fully saturated rings. The lowest BCUT2D eigenvalue weighted by molar-refractivity contribution is -0.0794. The zero-order valence-electron chi connectivity index (χ0n) is 20.6. The number of halogens is 3. The molecule has 2 saturated heterocycles. The molecule has 6 heterocycles. The molecule has 0 bridgehead atoms. The van der Waals surface area contributed by atoms with E-state index in [1.54, 1.807) is 0 Å². The smallest absolute Gasteiger partial charge is 0.269 e. The Hall–Kier alpha value is -3.91. The number of ether oxygens (including phenoxy) is 2. The van der Waals surface area contributed by atoms with Crippen molar-refractivity contribution in [1.29, 1.82) is 0 Å². The van der Waals surface area contributed by atoms with Crippen molar-refractivity contribution >= 4 is 23.0 Å². The molecule has 0 spiro atoms. The molecule has 2 N–H and O–H groups in total. The molecule has 4 aromatic heterocycles. The highest BCUT2D eigenvalue weighted by atomic mass is 19.1. The topological polar surface area (TPSA) is 110 Å².